The fourth-order valence-electron chi connectivity index (χ4n) is 2.04. The van der Waals surface area contributed by atoms with Gasteiger partial charge < -0.3 is 14.8 Å². The van der Waals surface area contributed by atoms with Gasteiger partial charge in [-0.15, -0.1) is 0 Å². The molecule has 1 N–H and O–H groups in total. The van der Waals surface area contributed by atoms with Crippen molar-refractivity contribution < 1.29 is 14.4 Å². The number of aryl methyl sites for hydroxylation is 1. The third-order valence-electron chi connectivity index (χ3n) is 2.97. The molecule has 1 aromatic carbocycles. The lowest BCUT2D eigenvalue weighted by atomic mass is 10.2. The van der Waals surface area contributed by atoms with Crippen LogP contribution in [0.4, 0.5) is 5.69 Å². The molecule has 6 heteroatoms. The summed E-state index contributed by atoms with van der Waals surface area (Å²) in [6.45, 7) is 5.68. The minimum Gasteiger partial charge on any atom is -0.484 e. The number of rotatable bonds is 4. The molecule has 0 aromatic heterocycles. The van der Waals surface area contributed by atoms with Crippen LogP contribution in [0, 0.1) is 17.0 Å². The summed E-state index contributed by atoms with van der Waals surface area (Å²) >= 11 is 0. The van der Waals surface area contributed by atoms with Crippen LogP contribution in [0.5, 0.6) is 5.75 Å². The molecule has 104 valence electrons. The Hall–Kier alpha value is -1.66. The summed E-state index contributed by atoms with van der Waals surface area (Å²) in [4.78, 5) is 10.5. The molecule has 1 heterocycles. The zero-order chi connectivity index (χ0) is 13.8. The average Bonchev–Trinajstić information content (AvgIpc) is 2.36. The van der Waals surface area contributed by atoms with Gasteiger partial charge in [0.15, 0.2) is 5.75 Å². The third kappa shape index (κ3) is 3.65. The first-order valence-electron chi connectivity index (χ1n) is 6.30. The Balaban J connectivity index is 2.02. The van der Waals surface area contributed by atoms with Gasteiger partial charge in [-0.05, 0) is 25.5 Å². The Morgan fingerprint density at radius 3 is 3.00 bits per heavy atom. The number of nitrogens with one attached hydrogen (secondary N) is 1. The summed E-state index contributed by atoms with van der Waals surface area (Å²) in [5, 5.41) is 14.1. The molecule has 0 bridgehead atoms. The zero-order valence-electron chi connectivity index (χ0n) is 11.1. The number of nitro groups is 1. The van der Waals surface area contributed by atoms with E-state index >= 15 is 0 Å². The first kappa shape index (κ1) is 13.8. The van der Waals surface area contributed by atoms with Crippen LogP contribution in [-0.2, 0) is 4.74 Å². The SMILES string of the molecule is Cc1ccc([N+](=O)[O-])c(OCC2CNCC(C)O2)c1. The molecule has 0 saturated carbocycles. The monoisotopic (exact) mass is 266 g/mol. The Kier molecular flexibility index (Phi) is 4.34. The van der Waals surface area contributed by atoms with Gasteiger partial charge >= 0.3 is 5.69 Å². The molecule has 1 saturated heterocycles. The fraction of sp³-hybridized carbons (Fsp3) is 0.538. The second kappa shape index (κ2) is 5.99. The molecule has 0 aliphatic carbocycles. The summed E-state index contributed by atoms with van der Waals surface area (Å²) in [5.41, 5.74) is 0.916. The number of nitrogens with zero attached hydrogens (tertiary/aromatic N) is 1. The third-order valence-corrected chi connectivity index (χ3v) is 2.97. The number of hydrogen-bond donors (Lipinski definition) is 1. The van der Waals surface area contributed by atoms with Crippen LogP contribution in [0.3, 0.4) is 0 Å². The maximum Gasteiger partial charge on any atom is 0.310 e. The van der Waals surface area contributed by atoms with E-state index in [0.717, 1.165) is 12.1 Å². The van der Waals surface area contributed by atoms with E-state index in [4.69, 9.17) is 9.47 Å². The van der Waals surface area contributed by atoms with Crippen molar-refractivity contribution in [2.75, 3.05) is 19.7 Å². The van der Waals surface area contributed by atoms with E-state index in [9.17, 15) is 10.1 Å². The van der Waals surface area contributed by atoms with Crippen LogP contribution in [0.25, 0.3) is 0 Å². The molecule has 1 aliphatic heterocycles. The van der Waals surface area contributed by atoms with Crippen molar-refractivity contribution in [1.82, 2.24) is 5.32 Å². The smallest absolute Gasteiger partial charge is 0.310 e. The molecule has 1 aliphatic rings. The van der Waals surface area contributed by atoms with Gasteiger partial charge in [-0.2, -0.15) is 0 Å². The minimum absolute atomic E-state index is 0.0117. The molecule has 2 atom stereocenters. The Bertz CT molecular complexity index is 464. The van der Waals surface area contributed by atoms with Gasteiger partial charge in [-0.25, -0.2) is 0 Å². The van der Waals surface area contributed by atoms with Crippen LogP contribution >= 0.6 is 0 Å². The second-order valence-corrected chi connectivity index (χ2v) is 4.77. The largest absolute Gasteiger partial charge is 0.484 e. The standard InChI is InChI=1S/C13H18N2O4/c1-9-3-4-12(15(16)17)13(5-9)18-8-11-7-14-6-10(2)19-11/h3-5,10-11,14H,6-8H2,1-2H3. The van der Waals surface area contributed by atoms with Crippen molar-refractivity contribution in [3.63, 3.8) is 0 Å². The molecule has 2 rings (SSSR count). The zero-order valence-corrected chi connectivity index (χ0v) is 11.1. The summed E-state index contributed by atoms with van der Waals surface area (Å²) < 4.78 is 11.2. The Morgan fingerprint density at radius 1 is 1.53 bits per heavy atom. The van der Waals surface area contributed by atoms with E-state index in [-0.39, 0.29) is 17.9 Å². The molecule has 6 nitrogen and oxygen atoms in total. The van der Waals surface area contributed by atoms with Crippen molar-refractivity contribution in [3.05, 3.63) is 33.9 Å². The van der Waals surface area contributed by atoms with E-state index in [2.05, 4.69) is 5.32 Å². The highest BCUT2D eigenvalue weighted by Gasteiger charge is 2.21. The highest BCUT2D eigenvalue weighted by molar-refractivity contribution is 5.48. The van der Waals surface area contributed by atoms with Crippen LogP contribution in [-0.4, -0.2) is 36.8 Å². The van der Waals surface area contributed by atoms with E-state index in [1.54, 1.807) is 12.1 Å². The summed E-state index contributed by atoms with van der Waals surface area (Å²) in [5.74, 6) is 0.298. The average molecular weight is 266 g/mol. The highest BCUT2D eigenvalue weighted by Crippen LogP contribution is 2.28. The number of morpholine rings is 1. The van der Waals surface area contributed by atoms with Crippen LogP contribution in [0.15, 0.2) is 18.2 Å². The predicted molar refractivity (Wildman–Crippen MR) is 70.5 cm³/mol. The maximum absolute atomic E-state index is 10.9. The fourth-order valence-corrected chi connectivity index (χ4v) is 2.04. The maximum atomic E-state index is 10.9. The predicted octanol–water partition coefficient (Wildman–Crippen LogP) is 1.66. The molecule has 1 aromatic rings. The van der Waals surface area contributed by atoms with Crippen molar-refractivity contribution in [1.29, 1.82) is 0 Å². The van der Waals surface area contributed by atoms with E-state index in [0.29, 0.717) is 18.9 Å². The van der Waals surface area contributed by atoms with Gasteiger partial charge in [0.2, 0.25) is 0 Å². The van der Waals surface area contributed by atoms with Crippen LogP contribution in [0.2, 0.25) is 0 Å². The van der Waals surface area contributed by atoms with Crippen LogP contribution in [0.1, 0.15) is 12.5 Å². The van der Waals surface area contributed by atoms with Gasteiger partial charge in [0.05, 0.1) is 11.0 Å². The minimum atomic E-state index is -0.433. The molecular weight excluding hydrogens is 248 g/mol. The van der Waals surface area contributed by atoms with Gasteiger partial charge in [0, 0.05) is 19.2 Å². The van der Waals surface area contributed by atoms with Gasteiger partial charge in [0.1, 0.15) is 12.7 Å². The van der Waals surface area contributed by atoms with E-state index in [1.807, 2.05) is 13.8 Å². The summed E-state index contributed by atoms with van der Waals surface area (Å²) in [6, 6.07) is 4.84. The highest BCUT2D eigenvalue weighted by atomic mass is 16.6. The van der Waals surface area contributed by atoms with Crippen molar-refractivity contribution in [3.8, 4) is 5.75 Å². The lowest BCUT2D eigenvalue weighted by Gasteiger charge is -2.28. The number of nitro benzene ring substituents is 1. The van der Waals surface area contributed by atoms with Gasteiger partial charge in [-0.3, -0.25) is 10.1 Å². The molecule has 2 unspecified atom stereocenters. The topological polar surface area (TPSA) is 73.6 Å². The van der Waals surface area contributed by atoms with E-state index < -0.39 is 4.92 Å². The van der Waals surface area contributed by atoms with Crippen LogP contribution < -0.4 is 10.1 Å². The molecule has 0 amide bonds. The molecule has 19 heavy (non-hydrogen) atoms. The number of benzene rings is 1. The molecular formula is C13H18N2O4. The lowest BCUT2D eigenvalue weighted by molar-refractivity contribution is -0.386. The first-order chi connectivity index (χ1) is 9.06. The molecule has 0 spiro atoms. The second-order valence-electron chi connectivity index (χ2n) is 4.77. The van der Waals surface area contributed by atoms with Crippen molar-refractivity contribution in [2.24, 2.45) is 0 Å². The summed E-state index contributed by atoms with van der Waals surface area (Å²) in [7, 11) is 0. The summed E-state index contributed by atoms with van der Waals surface area (Å²) in [6.07, 6.45) is 0.0544. The quantitative estimate of drug-likeness (QED) is 0.662. The van der Waals surface area contributed by atoms with Crippen molar-refractivity contribution >= 4 is 5.69 Å². The molecule has 0 radical (unpaired) electrons. The lowest BCUT2D eigenvalue weighted by Crippen LogP contribution is -2.45. The number of hydrogen-bond acceptors (Lipinski definition) is 5. The molecule has 1 fully saturated rings. The van der Waals surface area contributed by atoms with Crippen molar-refractivity contribution in [2.45, 2.75) is 26.1 Å². The van der Waals surface area contributed by atoms with Gasteiger partial charge in [0.25, 0.3) is 0 Å². The van der Waals surface area contributed by atoms with Gasteiger partial charge in [-0.1, -0.05) is 6.07 Å². The number of ether oxygens (including phenoxy) is 2. The van der Waals surface area contributed by atoms with E-state index in [1.165, 1.54) is 6.07 Å². The first-order valence-corrected chi connectivity index (χ1v) is 6.30. The Labute approximate surface area is 111 Å². The Morgan fingerprint density at radius 2 is 2.32 bits per heavy atom. The normalized spacial score (nSPS) is 23.1.